The summed E-state index contributed by atoms with van der Waals surface area (Å²) < 4.78 is 0. The number of benzene rings is 1. The van der Waals surface area contributed by atoms with Crippen LogP contribution in [0, 0.1) is 20.2 Å². The second-order valence-electron chi connectivity index (χ2n) is 5.05. The van der Waals surface area contributed by atoms with Crippen LogP contribution in [-0.2, 0) is 4.79 Å². The molecule has 1 aromatic carbocycles. The van der Waals surface area contributed by atoms with E-state index in [0.29, 0.717) is 0 Å². The lowest BCUT2D eigenvalue weighted by molar-refractivity contribution is -0.525. The summed E-state index contributed by atoms with van der Waals surface area (Å²) in [7, 11) is 0. The molecule has 2 amide bonds. The van der Waals surface area contributed by atoms with Gasteiger partial charge in [0.15, 0.2) is 5.03 Å². The van der Waals surface area contributed by atoms with Crippen molar-refractivity contribution in [3.8, 4) is 0 Å². The molecule has 0 saturated heterocycles. The number of para-hydroxylation sites is 1. The minimum atomic E-state index is -1.22. The molecule has 0 aliphatic carbocycles. The molecule has 1 aromatic rings. The molecule has 0 fully saturated rings. The van der Waals surface area contributed by atoms with Crippen LogP contribution >= 0.6 is 0 Å². The Morgan fingerprint density at radius 2 is 1.93 bits per heavy atom. The molecule has 6 N–H and O–H groups in total. The Morgan fingerprint density at radius 1 is 1.26 bits per heavy atom. The monoisotopic (exact) mass is 383 g/mol. The summed E-state index contributed by atoms with van der Waals surface area (Å²) in [6, 6.07) is 3.94. The van der Waals surface area contributed by atoms with Crippen LogP contribution < -0.4 is 22.0 Å². The predicted molar refractivity (Wildman–Crippen MR) is 90.1 cm³/mol. The van der Waals surface area contributed by atoms with Gasteiger partial charge >= 0.3 is 0 Å². The summed E-state index contributed by atoms with van der Waals surface area (Å²) in [5.41, 5.74) is 7.54. The average molecular weight is 383 g/mol. The van der Waals surface area contributed by atoms with Crippen LogP contribution in [0.3, 0.4) is 0 Å². The molecule has 0 saturated carbocycles. The summed E-state index contributed by atoms with van der Waals surface area (Å²) in [5, 5.41) is 31.3. The molecule has 0 heterocycles. The number of amides is 2. The molecular formula is C13H17N7O7. The van der Waals surface area contributed by atoms with Gasteiger partial charge in [0.05, 0.1) is 4.92 Å². The molecule has 0 bridgehead atoms. The summed E-state index contributed by atoms with van der Waals surface area (Å²) in [5.74, 6) is -2.26. The first-order chi connectivity index (χ1) is 12.8. The van der Waals surface area contributed by atoms with Gasteiger partial charge in [0, 0.05) is 12.6 Å². The van der Waals surface area contributed by atoms with Gasteiger partial charge in [-0.3, -0.25) is 24.9 Å². The number of hydrogen-bond acceptors (Lipinski definition) is 8. The van der Waals surface area contributed by atoms with Crippen molar-refractivity contribution in [2.45, 2.75) is 18.9 Å². The third-order valence-electron chi connectivity index (χ3n) is 3.22. The molecule has 0 aliphatic rings. The van der Waals surface area contributed by atoms with Gasteiger partial charge in [0.25, 0.3) is 23.5 Å². The number of carbonyl (C=O) groups excluding carboxylic acids is 2. The highest BCUT2D eigenvalue weighted by Crippen LogP contribution is 2.17. The molecule has 0 radical (unpaired) electrons. The van der Waals surface area contributed by atoms with Gasteiger partial charge in [-0.25, -0.2) is 20.6 Å². The number of nitrogens with two attached hydrogens (primary N) is 1. The molecule has 0 spiro atoms. The molecular weight excluding hydrogens is 366 g/mol. The van der Waals surface area contributed by atoms with Crippen molar-refractivity contribution in [1.82, 2.24) is 16.2 Å². The van der Waals surface area contributed by atoms with Gasteiger partial charge < -0.3 is 11.1 Å². The lowest BCUT2D eigenvalue weighted by Crippen LogP contribution is -2.46. The van der Waals surface area contributed by atoms with Gasteiger partial charge in [-0.2, -0.15) is 0 Å². The van der Waals surface area contributed by atoms with E-state index < -0.39 is 39.5 Å². The van der Waals surface area contributed by atoms with E-state index >= 15 is 0 Å². The fourth-order valence-corrected chi connectivity index (χ4v) is 2.03. The molecule has 14 nitrogen and oxygen atoms in total. The Morgan fingerprint density at radius 3 is 2.52 bits per heavy atom. The predicted octanol–water partition coefficient (Wildman–Crippen LogP) is -0.925. The van der Waals surface area contributed by atoms with E-state index in [1.807, 2.05) is 0 Å². The number of hydrogen-bond donors (Lipinski definition) is 5. The van der Waals surface area contributed by atoms with Crippen molar-refractivity contribution in [2.24, 2.45) is 10.7 Å². The second kappa shape index (κ2) is 10.2. The van der Waals surface area contributed by atoms with E-state index in [4.69, 9.17) is 10.9 Å². The summed E-state index contributed by atoms with van der Waals surface area (Å²) in [6.45, 7) is -0.0107. The zero-order valence-corrected chi connectivity index (χ0v) is 13.8. The lowest BCUT2D eigenvalue weighted by Gasteiger charge is -2.16. The van der Waals surface area contributed by atoms with E-state index in [0.717, 1.165) is 6.07 Å². The maximum Gasteiger partial charge on any atom is 0.282 e. The average Bonchev–Trinajstić information content (AvgIpc) is 2.62. The number of hydroxylamine groups is 1. The maximum absolute atomic E-state index is 12.3. The highest BCUT2D eigenvalue weighted by Gasteiger charge is 2.25. The summed E-state index contributed by atoms with van der Waals surface area (Å²) in [6.07, 6.45) is 0.142. The highest BCUT2D eigenvalue weighted by atomic mass is 16.7. The number of aliphatic imine (C=N–C) groups is 1. The zero-order valence-electron chi connectivity index (χ0n) is 13.8. The number of hydrazine groups is 1. The van der Waals surface area contributed by atoms with Crippen LogP contribution in [0.2, 0.25) is 0 Å². The van der Waals surface area contributed by atoms with Crippen molar-refractivity contribution in [2.75, 3.05) is 6.54 Å². The van der Waals surface area contributed by atoms with Crippen molar-refractivity contribution in [3.05, 3.63) is 50.1 Å². The number of carbonyl (C=O) groups is 2. The Balaban J connectivity index is 2.76. The van der Waals surface area contributed by atoms with Gasteiger partial charge in [0.1, 0.15) is 11.6 Å². The summed E-state index contributed by atoms with van der Waals surface area (Å²) in [4.78, 5) is 48.0. The largest absolute Gasteiger partial charge is 0.365 e. The molecule has 0 aromatic heterocycles. The van der Waals surface area contributed by atoms with Crippen molar-refractivity contribution in [1.29, 1.82) is 0 Å². The zero-order chi connectivity index (χ0) is 20.4. The van der Waals surface area contributed by atoms with E-state index in [9.17, 15) is 29.8 Å². The van der Waals surface area contributed by atoms with Crippen LogP contribution in [0.15, 0.2) is 29.3 Å². The Bertz CT molecular complexity index is 752. The van der Waals surface area contributed by atoms with Crippen molar-refractivity contribution in [3.63, 3.8) is 0 Å². The van der Waals surface area contributed by atoms with Crippen LogP contribution in [0.5, 0.6) is 0 Å². The smallest absolute Gasteiger partial charge is 0.282 e. The molecule has 14 heteroatoms. The molecule has 146 valence electrons. The molecule has 1 atom stereocenters. The van der Waals surface area contributed by atoms with E-state index in [1.165, 1.54) is 23.7 Å². The summed E-state index contributed by atoms with van der Waals surface area (Å²) >= 11 is 0. The fraction of sp³-hybridized carbons (Fsp3) is 0.308. The highest BCUT2D eigenvalue weighted by molar-refractivity contribution is 6.00. The van der Waals surface area contributed by atoms with E-state index in [1.54, 1.807) is 5.43 Å². The Labute approximate surface area is 151 Å². The van der Waals surface area contributed by atoms with E-state index in [2.05, 4.69) is 10.3 Å². The fourth-order valence-electron chi connectivity index (χ4n) is 2.03. The lowest BCUT2D eigenvalue weighted by atomic mass is 10.1. The SMILES string of the molecule is NC(=NCCC[C@H](NC(=O)c1ccccc1[N+](=O)[O-])C(=O)NO)N[N+](=O)[O-]. The third kappa shape index (κ3) is 6.91. The van der Waals surface area contributed by atoms with Gasteiger partial charge in [-0.1, -0.05) is 17.6 Å². The third-order valence-corrected chi connectivity index (χ3v) is 3.22. The number of guanidine groups is 1. The van der Waals surface area contributed by atoms with Crippen LogP contribution in [-0.4, -0.2) is 45.5 Å². The second-order valence-corrected chi connectivity index (χ2v) is 5.05. The van der Waals surface area contributed by atoms with Crippen LogP contribution in [0.25, 0.3) is 0 Å². The number of nitro benzene ring substituents is 1. The van der Waals surface area contributed by atoms with Gasteiger partial charge in [-0.05, 0) is 18.9 Å². The maximum atomic E-state index is 12.3. The molecule has 1 rings (SSSR count). The first-order valence-electron chi connectivity index (χ1n) is 7.45. The quantitative estimate of drug-likeness (QED) is 0.0887. The normalized spacial score (nSPS) is 12.0. The number of nitrogens with one attached hydrogen (secondary N) is 3. The number of nitro groups is 2. The number of rotatable bonds is 9. The minimum absolute atomic E-state index is 0.0107. The molecule has 0 aliphatic heterocycles. The minimum Gasteiger partial charge on any atom is -0.365 e. The standard InChI is InChI=1S/C13H17N7O7/c14-13(17-20(26)27)15-7-3-5-9(12(22)18-23)16-11(21)8-4-1-2-6-10(8)19(24)25/h1-2,4,6,9,23H,3,5,7H2,(H,16,21)(H,18,22)(H3,14,15,17)/t9-/m0/s1. The first-order valence-corrected chi connectivity index (χ1v) is 7.45. The van der Waals surface area contributed by atoms with Crippen LogP contribution in [0.1, 0.15) is 23.2 Å². The Kier molecular flexibility index (Phi) is 8.05. The topological polar surface area (TPSA) is 215 Å². The van der Waals surface area contributed by atoms with Crippen LogP contribution in [0.4, 0.5) is 5.69 Å². The Hall–Kier alpha value is -3.81. The molecule has 27 heavy (non-hydrogen) atoms. The van der Waals surface area contributed by atoms with Gasteiger partial charge in [0.2, 0.25) is 0 Å². The van der Waals surface area contributed by atoms with Crippen molar-refractivity contribution >= 4 is 23.5 Å². The number of nitrogens with zero attached hydrogens (tertiary/aromatic N) is 3. The molecule has 0 unspecified atom stereocenters. The van der Waals surface area contributed by atoms with Gasteiger partial charge in [-0.15, -0.1) is 0 Å². The van der Waals surface area contributed by atoms with E-state index in [-0.39, 0.29) is 24.9 Å². The van der Waals surface area contributed by atoms with Crippen molar-refractivity contribution < 1.29 is 24.8 Å². The first kappa shape index (κ1) is 21.2.